The first-order valence-electron chi connectivity index (χ1n) is 8.95. The van der Waals surface area contributed by atoms with Crippen molar-refractivity contribution in [2.45, 2.75) is 18.4 Å². The highest BCUT2D eigenvalue weighted by Crippen LogP contribution is 2.40. The number of aromatic hydroxyl groups is 1. The maximum Gasteiger partial charge on any atom is 0.317 e. The van der Waals surface area contributed by atoms with Crippen LogP contribution >= 0.6 is 0 Å². The highest BCUT2D eigenvalue weighted by Gasteiger charge is 2.40. The van der Waals surface area contributed by atoms with Crippen LogP contribution in [0.5, 0.6) is 5.75 Å². The summed E-state index contributed by atoms with van der Waals surface area (Å²) < 4.78 is 13.0. The number of hydrogen-bond acceptors (Lipinski definition) is 3. The summed E-state index contributed by atoms with van der Waals surface area (Å²) in [5.74, 6) is 0.310. The molecule has 0 radical (unpaired) electrons. The number of halogens is 1. The summed E-state index contributed by atoms with van der Waals surface area (Å²) >= 11 is 0. The lowest BCUT2D eigenvalue weighted by Crippen LogP contribution is -2.52. The van der Waals surface area contributed by atoms with Gasteiger partial charge in [0, 0.05) is 38.1 Å². The summed E-state index contributed by atoms with van der Waals surface area (Å²) in [7, 11) is 0. The number of amides is 2. The molecule has 2 atom stereocenters. The van der Waals surface area contributed by atoms with Gasteiger partial charge in [0.15, 0.2) is 0 Å². The SMILES string of the molecule is O=C(NC1CC1c1ccc(F)cc1)N1CCN(c2ccccc2O)CC1. The number of nitrogens with zero attached hydrogens (tertiary/aromatic N) is 2. The molecule has 1 aliphatic heterocycles. The number of carbonyl (C=O) groups excluding carboxylic acids is 1. The average Bonchev–Trinajstić information content (AvgIpc) is 3.42. The molecule has 2 fully saturated rings. The van der Waals surface area contributed by atoms with Gasteiger partial charge in [-0.25, -0.2) is 9.18 Å². The van der Waals surface area contributed by atoms with Crippen LogP contribution in [0.15, 0.2) is 48.5 Å². The van der Waals surface area contributed by atoms with Gasteiger partial charge in [-0.05, 0) is 36.2 Å². The lowest BCUT2D eigenvalue weighted by molar-refractivity contribution is 0.193. The van der Waals surface area contributed by atoms with Crippen molar-refractivity contribution in [1.82, 2.24) is 10.2 Å². The molecule has 2 unspecified atom stereocenters. The van der Waals surface area contributed by atoms with Gasteiger partial charge in [0.1, 0.15) is 11.6 Å². The number of urea groups is 1. The topological polar surface area (TPSA) is 55.8 Å². The fourth-order valence-corrected chi connectivity index (χ4v) is 3.56. The van der Waals surface area contributed by atoms with Crippen molar-refractivity contribution in [2.75, 3.05) is 31.1 Å². The van der Waals surface area contributed by atoms with Crippen LogP contribution in [-0.2, 0) is 0 Å². The largest absolute Gasteiger partial charge is 0.506 e. The molecule has 0 spiro atoms. The predicted molar refractivity (Wildman–Crippen MR) is 98.0 cm³/mol. The van der Waals surface area contributed by atoms with Gasteiger partial charge in [0.2, 0.25) is 0 Å². The predicted octanol–water partition coefficient (Wildman–Crippen LogP) is 2.92. The summed E-state index contributed by atoms with van der Waals surface area (Å²) in [6.07, 6.45) is 0.898. The maximum atomic E-state index is 13.0. The quantitative estimate of drug-likeness (QED) is 0.890. The standard InChI is InChI=1S/C20H22FN3O2/c21-15-7-5-14(6-8-15)16-13-17(16)22-20(26)24-11-9-23(10-12-24)18-3-1-2-4-19(18)25/h1-8,16-17,25H,9-13H2,(H,22,26). The number of para-hydroxylation sites is 2. The molecule has 136 valence electrons. The monoisotopic (exact) mass is 355 g/mol. The zero-order valence-electron chi connectivity index (χ0n) is 14.4. The normalized spacial score (nSPS) is 22.2. The zero-order chi connectivity index (χ0) is 18.1. The summed E-state index contributed by atoms with van der Waals surface area (Å²) in [4.78, 5) is 16.4. The number of phenolic OH excluding ortho intramolecular Hbond substituents is 1. The van der Waals surface area contributed by atoms with Gasteiger partial charge >= 0.3 is 6.03 Å². The van der Waals surface area contributed by atoms with Crippen LogP contribution < -0.4 is 10.2 Å². The summed E-state index contributed by atoms with van der Waals surface area (Å²) in [5, 5.41) is 13.0. The van der Waals surface area contributed by atoms with Crippen LogP contribution in [0.25, 0.3) is 0 Å². The smallest absolute Gasteiger partial charge is 0.317 e. The molecule has 0 bridgehead atoms. The van der Waals surface area contributed by atoms with Crippen LogP contribution in [-0.4, -0.2) is 48.3 Å². The lowest BCUT2D eigenvalue weighted by Gasteiger charge is -2.36. The third-order valence-electron chi connectivity index (χ3n) is 5.19. The van der Waals surface area contributed by atoms with Gasteiger partial charge in [-0.3, -0.25) is 0 Å². The molecule has 0 aromatic heterocycles. The number of anilines is 1. The van der Waals surface area contributed by atoms with Crippen molar-refractivity contribution in [2.24, 2.45) is 0 Å². The molecule has 6 heteroatoms. The summed E-state index contributed by atoms with van der Waals surface area (Å²) in [6.45, 7) is 2.62. The first-order chi connectivity index (χ1) is 12.6. The molecule has 2 N–H and O–H groups in total. The van der Waals surface area contributed by atoms with E-state index in [0.717, 1.165) is 17.7 Å². The van der Waals surface area contributed by atoms with E-state index in [9.17, 15) is 14.3 Å². The van der Waals surface area contributed by atoms with E-state index in [0.29, 0.717) is 26.2 Å². The minimum Gasteiger partial charge on any atom is -0.506 e. The number of nitrogens with one attached hydrogen (secondary N) is 1. The fraction of sp³-hybridized carbons (Fsp3) is 0.350. The van der Waals surface area contributed by atoms with Crippen LogP contribution in [0.3, 0.4) is 0 Å². The molecule has 2 aromatic rings. The number of hydrogen-bond donors (Lipinski definition) is 2. The minimum atomic E-state index is -0.239. The molecule has 2 amide bonds. The summed E-state index contributed by atoms with van der Waals surface area (Å²) in [6, 6.07) is 13.9. The van der Waals surface area contributed by atoms with E-state index in [2.05, 4.69) is 10.2 Å². The third kappa shape index (κ3) is 3.45. The van der Waals surface area contributed by atoms with Gasteiger partial charge in [-0.15, -0.1) is 0 Å². The van der Waals surface area contributed by atoms with Crippen molar-refractivity contribution in [1.29, 1.82) is 0 Å². The highest BCUT2D eigenvalue weighted by molar-refractivity contribution is 5.75. The second-order valence-corrected chi connectivity index (χ2v) is 6.91. The first kappa shape index (κ1) is 16.7. The van der Waals surface area contributed by atoms with E-state index in [4.69, 9.17) is 0 Å². The van der Waals surface area contributed by atoms with Gasteiger partial charge in [0.25, 0.3) is 0 Å². The molecule has 1 aliphatic carbocycles. The Bertz CT molecular complexity index is 788. The molecule has 5 nitrogen and oxygen atoms in total. The fourth-order valence-electron chi connectivity index (χ4n) is 3.56. The van der Waals surface area contributed by atoms with Crippen LogP contribution in [0.1, 0.15) is 17.9 Å². The first-order valence-corrected chi connectivity index (χ1v) is 8.95. The average molecular weight is 355 g/mol. The number of benzene rings is 2. The molecule has 1 saturated carbocycles. The Balaban J connectivity index is 1.28. The van der Waals surface area contributed by atoms with E-state index in [-0.39, 0.29) is 29.6 Å². The van der Waals surface area contributed by atoms with Gasteiger partial charge in [-0.1, -0.05) is 24.3 Å². The number of piperazine rings is 1. The van der Waals surface area contributed by atoms with Crippen LogP contribution in [0.2, 0.25) is 0 Å². The second kappa shape index (κ2) is 6.86. The molecule has 1 heterocycles. The van der Waals surface area contributed by atoms with E-state index in [1.54, 1.807) is 24.3 Å². The lowest BCUT2D eigenvalue weighted by atomic mass is 10.1. The second-order valence-electron chi connectivity index (χ2n) is 6.91. The van der Waals surface area contributed by atoms with Gasteiger partial charge < -0.3 is 20.2 Å². The van der Waals surface area contributed by atoms with E-state index in [1.165, 1.54) is 12.1 Å². The Morgan fingerprint density at radius 1 is 1.04 bits per heavy atom. The maximum absolute atomic E-state index is 13.0. The van der Waals surface area contributed by atoms with Crippen molar-refractivity contribution in [3.05, 3.63) is 59.9 Å². The third-order valence-corrected chi connectivity index (χ3v) is 5.19. The van der Waals surface area contributed by atoms with E-state index in [1.807, 2.05) is 17.0 Å². The number of carbonyl (C=O) groups is 1. The Kier molecular flexibility index (Phi) is 4.41. The molecule has 4 rings (SSSR count). The Hall–Kier alpha value is -2.76. The molecular formula is C20H22FN3O2. The molecule has 1 saturated heterocycles. The Morgan fingerprint density at radius 2 is 1.73 bits per heavy atom. The number of rotatable bonds is 3. The van der Waals surface area contributed by atoms with Crippen LogP contribution in [0.4, 0.5) is 14.9 Å². The summed E-state index contributed by atoms with van der Waals surface area (Å²) in [5.41, 5.74) is 1.88. The zero-order valence-corrected chi connectivity index (χ0v) is 14.4. The van der Waals surface area contributed by atoms with Gasteiger partial charge in [0.05, 0.1) is 5.69 Å². The van der Waals surface area contributed by atoms with Crippen molar-refractivity contribution < 1.29 is 14.3 Å². The molecule has 2 aromatic carbocycles. The van der Waals surface area contributed by atoms with Gasteiger partial charge in [-0.2, -0.15) is 0 Å². The Labute approximate surface area is 152 Å². The molecule has 2 aliphatic rings. The van der Waals surface area contributed by atoms with Crippen molar-refractivity contribution >= 4 is 11.7 Å². The minimum absolute atomic E-state index is 0.0449. The Morgan fingerprint density at radius 3 is 2.42 bits per heavy atom. The highest BCUT2D eigenvalue weighted by atomic mass is 19.1. The van der Waals surface area contributed by atoms with E-state index < -0.39 is 0 Å². The van der Waals surface area contributed by atoms with E-state index >= 15 is 0 Å². The van der Waals surface area contributed by atoms with Crippen molar-refractivity contribution in [3.8, 4) is 5.75 Å². The molecular weight excluding hydrogens is 333 g/mol. The van der Waals surface area contributed by atoms with Crippen LogP contribution in [0, 0.1) is 5.82 Å². The van der Waals surface area contributed by atoms with Crippen molar-refractivity contribution in [3.63, 3.8) is 0 Å². The number of phenols is 1. The molecule has 26 heavy (non-hydrogen) atoms.